The van der Waals surface area contributed by atoms with Gasteiger partial charge in [-0.2, -0.15) is 0 Å². The first-order valence-electron chi connectivity index (χ1n) is 9.03. The van der Waals surface area contributed by atoms with E-state index in [0.717, 1.165) is 24.4 Å². The maximum Gasteiger partial charge on any atom is 0.228 e. The van der Waals surface area contributed by atoms with Crippen LogP contribution >= 0.6 is 11.6 Å². The van der Waals surface area contributed by atoms with Crippen LogP contribution in [0, 0.1) is 0 Å². The molecule has 2 heterocycles. The molecule has 7 heteroatoms. The third-order valence-corrected chi connectivity index (χ3v) is 4.58. The zero-order valence-electron chi connectivity index (χ0n) is 15.1. The van der Waals surface area contributed by atoms with Crippen LogP contribution in [0.2, 0.25) is 5.15 Å². The number of ether oxygens (including phenoxy) is 2. The van der Waals surface area contributed by atoms with Crippen molar-refractivity contribution in [1.82, 2.24) is 14.9 Å². The smallest absolute Gasteiger partial charge is 0.228 e. The summed E-state index contributed by atoms with van der Waals surface area (Å²) in [5, 5.41) is 3.50. The number of anilines is 2. The van der Waals surface area contributed by atoms with E-state index in [1.54, 1.807) is 19.4 Å². The van der Waals surface area contributed by atoms with Gasteiger partial charge in [0.15, 0.2) is 11.5 Å². The van der Waals surface area contributed by atoms with Crippen molar-refractivity contribution in [2.45, 2.75) is 25.7 Å². The molecule has 2 aromatic rings. The molecule has 0 spiro atoms. The third-order valence-electron chi connectivity index (χ3n) is 4.37. The highest BCUT2D eigenvalue weighted by atomic mass is 35.5. The van der Waals surface area contributed by atoms with E-state index in [9.17, 15) is 0 Å². The van der Waals surface area contributed by atoms with E-state index in [-0.39, 0.29) is 0 Å². The second-order valence-electron chi connectivity index (χ2n) is 6.30. The Morgan fingerprint density at radius 2 is 2.00 bits per heavy atom. The monoisotopic (exact) mass is 376 g/mol. The highest BCUT2D eigenvalue weighted by molar-refractivity contribution is 6.29. The van der Waals surface area contributed by atoms with Gasteiger partial charge in [0, 0.05) is 24.5 Å². The first-order chi connectivity index (χ1) is 12.7. The number of nitrogens with one attached hydrogen (secondary N) is 1. The van der Waals surface area contributed by atoms with Gasteiger partial charge in [0.25, 0.3) is 0 Å². The first kappa shape index (κ1) is 18.7. The number of halogens is 1. The number of nitrogens with zero attached hydrogens (tertiary/aromatic N) is 3. The van der Waals surface area contributed by atoms with Crippen molar-refractivity contribution in [2.75, 3.05) is 38.7 Å². The van der Waals surface area contributed by atoms with E-state index in [1.807, 2.05) is 18.2 Å². The van der Waals surface area contributed by atoms with Crippen molar-refractivity contribution < 1.29 is 9.47 Å². The Morgan fingerprint density at radius 1 is 1.15 bits per heavy atom. The molecule has 0 amide bonds. The summed E-state index contributed by atoms with van der Waals surface area (Å²) >= 11 is 5.88. The number of piperidine rings is 1. The van der Waals surface area contributed by atoms with E-state index >= 15 is 0 Å². The van der Waals surface area contributed by atoms with Crippen molar-refractivity contribution in [3.8, 4) is 11.5 Å². The number of rotatable bonds is 8. The average molecular weight is 377 g/mol. The molecule has 3 rings (SSSR count). The predicted molar refractivity (Wildman–Crippen MR) is 104 cm³/mol. The zero-order chi connectivity index (χ0) is 18.2. The van der Waals surface area contributed by atoms with Gasteiger partial charge in [0.05, 0.1) is 13.7 Å². The minimum Gasteiger partial charge on any atom is -0.493 e. The molecule has 0 unspecified atom stereocenters. The highest BCUT2D eigenvalue weighted by Gasteiger charge is 2.10. The molecule has 0 saturated carbocycles. The molecule has 1 aliphatic heterocycles. The van der Waals surface area contributed by atoms with Gasteiger partial charge in [-0.05, 0) is 50.6 Å². The zero-order valence-corrected chi connectivity index (χ0v) is 15.8. The summed E-state index contributed by atoms with van der Waals surface area (Å²) < 4.78 is 11.4. The normalized spacial score (nSPS) is 14.8. The third kappa shape index (κ3) is 5.47. The van der Waals surface area contributed by atoms with Gasteiger partial charge in [-0.25, -0.2) is 9.97 Å². The molecule has 1 saturated heterocycles. The number of hydrogen-bond donors (Lipinski definition) is 1. The standard InChI is InChI=1S/C19H25ClN4O2/c1-25-17-14-15(22-19-21-9-8-18(20)23-19)6-7-16(17)26-13-5-12-24-10-3-2-4-11-24/h6-9,14H,2-5,10-13H2,1H3,(H,21,22,23). The highest BCUT2D eigenvalue weighted by Crippen LogP contribution is 2.31. The number of likely N-dealkylation sites (tertiary alicyclic amines) is 1. The molecule has 0 atom stereocenters. The molecule has 1 fully saturated rings. The van der Waals surface area contributed by atoms with Crippen molar-refractivity contribution >= 4 is 23.2 Å². The van der Waals surface area contributed by atoms with Crippen LogP contribution in [0.15, 0.2) is 30.5 Å². The Kier molecular flexibility index (Phi) is 6.91. The number of hydrogen-bond acceptors (Lipinski definition) is 6. The lowest BCUT2D eigenvalue weighted by molar-refractivity contribution is 0.203. The van der Waals surface area contributed by atoms with Crippen molar-refractivity contribution in [1.29, 1.82) is 0 Å². The topological polar surface area (TPSA) is 59.5 Å². The Labute approximate surface area is 159 Å². The van der Waals surface area contributed by atoms with E-state index in [2.05, 4.69) is 20.2 Å². The van der Waals surface area contributed by atoms with E-state index in [4.69, 9.17) is 21.1 Å². The molecule has 0 aliphatic carbocycles. The summed E-state index contributed by atoms with van der Waals surface area (Å²) in [6.07, 6.45) is 6.62. The molecule has 26 heavy (non-hydrogen) atoms. The molecular formula is C19H25ClN4O2. The van der Waals surface area contributed by atoms with Crippen LogP contribution < -0.4 is 14.8 Å². The lowest BCUT2D eigenvalue weighted by Crippen LogP contribution is -2.31. The fraction of sp³-hybridized carbons (Fsp3) is 0.474. The summed E-state index contributed by atoms with van der Waals surface area (Å²) in [5.74, 6) is 1.86. The van der Waals surface area contributed by atoms with Crippen LogP contribution in [0.1, 0.15) is 25.7 Å². The van der Waals surface area contributed by atoms with Crippen LogP contribution in [0.4, 0.5) is 11.6 Å². The quantitative estimate of drug-likeness (QED) is 0.552. The predicted octanol–water partition coefficient (Wildman–Crippen LogP) is 4.14. The maximum atomic E-state index is 5.91. The van der Waals surface area contributed by atoms with Gasteiger partial charge in [0.2, 0.25) is 5.95 Å². The lowest BCUT2D eigenvalue weighted by atomic mass is 10.1. The molecule has 0 radical (unpaired) electrons. The van der Waals surface area contributed by atoms with Gasteiger partial charge >= 0.3 is 0 Å². The number of methoxy groups -OCH3 is 1. The van der Waals surface area contributed by atoms with Crippen LogP contribution in [-0.2, 0) is 0 Å². The molecule has 6 nitrogen and oxygen atoms in total. The molecule has 1 aliphatic rings. The molecular weight excluding hydrogens is 352 g/mol. The van der Waals surface area contributed by atoms with Crippen LogP contribution in [0.3, 0.4) is 0 Å². The van der Waals surface area contributed by atoms with Crippen LogP contribution in [0.5, 0.6) is 11.5 Å². The van der Waals surface area contributed by atoms with Crippen molar-refractivity contribution in [3.63, 3.8) is 0 Å². The minimum absolute atomic E-state index is 0.392. The van der Waals surface area contributed by atoms with Gasteiger partial charge in [-0.1, -0.05) is 18.0 Å². The molecule has 140 valence electrons. The summed E-state index contributed by atoms with van der Waals surface area (Å²) in [6.45, 7) is 4.20. The fourth-order valence-corrected chi connectivity index (χ4v) is 3.18. The fourth-order valence-electron chi connectivity index (χ4n) is 3.04. The first-order valence-corrected chi connectivity index (χ1v) is 9.41. The van der Waals surface area contributed by atoms with Gasteiger partial charge < -0.3 is 19.7 Å². The van der Waals surface area contributed by atoms with E-state index in [1.165, 1.54) is 32.4 Å². The second kappa shape index (κ2) is 9.59. The van der Waals surface area contributed by atoms with Gasteiger partial charge in [-0.15, -0.1) is 0 Å². The maximum absolute atomic E-state index is 5.91. The molecule has 1 aromatic heterocycles. The summed E-state index contributed by atoms with van der Waals surface area (Å²) in [5.41, 5.74) is 0.810. The van der Waals surface area contributed by atoms with E-state index in [0.29, 0.717) is 23.5 Å². The molecule has 1 aromatic carbocycles. The lowest BCUT2D eigenvalue weighted by Gasteiger charge is -2.26. The van der Waals surface area contributed by atoms with Crippen LogP contribution in [-0.4, -0.2) is 48.2 Å². The van der Waals surface area contributed by atoms with E-state index < -0.39 is 0 Å². The Morgan fingerprint density at radius 3 is 2.77 bits per heavy atom. The van der Waals surface area contributed by atoms with Gasteiger partial charge in [-0.3, -0.25) is 0 Å². The van der Waals surface area contributed by atoms with Crippen LogP contribution in [0.25, 0.3) is 0 Å². The molecule has 0 bridgehead atoms. The van der Waals surface area contributed by atoms with Crippen molar-refractivity contribution in [2.24, 2.45) is 0 Å². The summed E-state index contributed by atoms with van der Waals surface area (Å²) in [4.78, 5) is 10.8. The van der Waals surface area contributed by atoms with Gasteiger partial charge in [0.1, 0.15) is 5.15 Å². The Balaban J connectivity index is 1.52. The largest absolute Gasteiger partial charge is 0.493 e. The second-order valence-corrected chi connectivity index (χ2v) is 6.69. The van der Waals surface area contributed by atoms with Crippen molar-refractivity contribution in [3.05, 3.63) is 35.6 Å². The SMILES string of the molecule is COc1cc(Nc2nccc(Cl)n2)ccc1OCCCN1CCCCC1. The summed E-state index contributed by atoms with van der Waals surface area (Å²) in [7, 11) is 1.63. The minimum atomic E-state index is 0.392. The summed E-state index contributed by atoms with van der Waals surface area (Å²) in [6, 6.07) is 7.30. The Bertz CT molecular complexity index is 708. The Hall–Kier alpha value is -2.05. The average Bonchev–Trinajstić information content (AvgIpc) is 2.67. The molecule has 1 N–H and O–H groups in total. The number of aromatic nitrogens is 2. The number of benzene rings is 1.